The van der Waals surface area contributed by atoms with Crippen molar-refractivity contribution in [2.45, 2.75) is 43.0 Å². The zero-order chi connectivity index (χ0) is 23.8. The largest absolute Gasteiger partial charge is 0.325 e. The minimum atomic E-state index is -0.0731. The van der Waals surface area contributed by atoms with Gasteiger partial charge in [0, 0.05) is 27.5 Å². The molecule has 0 bridgehead atoms. The van der Waals surface area contributed by atoms with Gasteiger partial charge in [0.1, 0.15) is 5.82 Å². The highest BCUT2D eigenvalue weighted by Gasteiger charge is 2.15. The fourth-order valence-electron chi connectivity index (χ4n) is 3.13. The Labute approximate surface area is 216 Å². The number of hydrogen-bond donors (Lipinski definition) is 1. The van der Waals surface area contributed by atoms with Gasteiger partial charge in [-0.05, 0) is 47.4 Å². The topological polar surface area (TPSA) is 59.8 Å². The van der Waals surface area contributed by atoms with Crippen LogP contribution in [0.1, 0.15) is 36.7 Å². The molecule has 0 saturated carbocycles. The van der Waals surface area contributed by atoms with Gasteiger partial charge in [0.15, 0.2) is 5.16 Å². The highest BCUT2D eigenvalue weighted by molar-refractivity contribution is 9.10. The predicted octanol–water partition coefficient (Wildman–Crippen LogP) is 7.17. The van der Waals surface area contributed by atoms with Crippen molar-refractivity contribution in [2.75, 3.05) is 11.1 Å². The van der Waals surface area contributed by atoms with Gasteiger partial charge in [0.05, 0.1) is 11.5 Å². The Morgan fingerprint density at radius 2 is 1.97 bits per heavy atom. The lowest BCUT2D eigenvalue weighted by atomic mass is 10.0. The van der Waals surface area contributed by atoms with Crippen LogP contribution in [0.2, 0.25) is 5.02 Å². The van der Waals surface area contributed by atoms with Gasteiger partial charge in [0.2, 0.25) is 5.91 Å². The smallest absolute Gasteiger partial charge is 0.234 e. The molecule has 2 aromatic carbocycles. The molecular weight excluding hydrogens is 540 g/mol. The van der Waals surface area contributed by atoms with Crippen molar-refractivity contribution in [3.05, 3.63) is 81.6 Å². The van der Waals surface area contributed by atoms with Crippen molar-refractivity contribution < 1.29 is 4.79 Å². The third-order valence-electron chi connectivity index (χ3n) is 4.76. The summed E-state index contributed by atoms with van der Waals surface area (Å²) in [6, 6.07) is 13.8. The zero-order valence-electron chi connectivity index (χ0n) is 18.6. The molecule has 0 unspecified atom stereocenters. The van der Waals surface area contributed by atoms with Crippen LogP contribution in [-0.4, -0.2) is 26.4 Å². The highest BCUT2D eigenvalue weighted by Crippen LogP contribution is 2.28. The number of amides is 1. The molecule has 5 nitrogen and oxygen atoms in total. The lowest BCUT2D eigenvalue weighted by molar-refractivity contribution is -0.113. The number of halogens is 2. The van der Waals surface area contributed by atoms with Crippen LogP contribution in [0.3, 0.4) is 0 Å². The second-order valence-corrected chi connectivity index (χ2v) is 10.9. The number of benzene rings is 2. The number of nitrogens with one attached hydrogen (secondary N) is 1. The van der Waals surface area contributed by atoms with Gasteiger partial charge >= 0.3 is 0 Å². The number of carbonyl (C=O) groups is 1. The Balaban J connectivity index is 1.59. The van der Waals surface area contributed by atoms with Gasteiger partial charge in [-0.2, -0.15) is 0 Å². The Morgan fingerprint density at radius 3 is 2.67 bits per heavy atom. The van der Waals surface area contributed by atoms with Crippen molar-refractivity contribution in [2.24, 2.45) is 0 Å². The van der Waals surface area contributed by atoms with Crippen molar-refractivity contribution in [3.63, 3.8) is 0 Å². The fourth-order valence-corrected chi connectivity index (χ4v) is 5.33. The molecule has 0 fully saturated rings. The predicted molar refractivity (Wildman–Crippen MR) is 144 cm³/mol. The summed E-state index contributed by atoms with van der Waals surface area (Å²) >= 11 is 12.6. The number of nitrogens with zero attached hydrogens (tertiary/aromatic N) is 3. The normalized spacial score (nSPS) is 11.1. The average molecular weight is 566 g/mol. The second-order valence-electron chi connectivity index (χ2n) is 7.64. The zero-order valence-corrected chi connectivity index (χ0v) is 22.5. The molecule has 1 amide bonds. The molecule has 1 N–H and O–H groups in total. The van der Waals surface area contributed by atoms with Crippen molar-refractivity contribution >= 4 is 62.6 Å². The van der Waals surface area contributed by atoms with E-state index in [2.05, 4.69) is 51.9 Å². The van der Waals surface area contributed by atoms with Crippen LogP contribution >= 0.6 is 51.1 Å². The highest BCUT2D eigenvalue weighted by atomic mass is 79.9. The second kappa shape index (κ2) is 12.6. The average Bonchev–Trinajstić information content (AvgIpc) is 3.16. The Hall–Kier alpha value is -1.74. The van der Waals surface area contributed by atoms with Gasteiger partial charge in [0.25, 0.3) is 0 Å². The minimum absolute atomic E-state index is 0.0731. The Kier molecular flexibility index (Phi) is 9.92. The van der Waals surface area contributed by atoms with E-state index in [1.807, 2.05) is 53.1 Å². The van der Waals surface area contributed by atoms with Gasteiger partial charge in [-0.1, -0.05) is 71.3 Å². The van der Waals surface area contributed by atoms with Crippen LogP contribution in [-0.2, 0) is 22.8 Å². The first-order valence-electron chi connectivity index (χ1n) is 10.4. The summed E-state index contributed by atoms with van der Waals surface area (Å²) in [5.41, 5.74) is 3.14. The molecule has 0 atom stereocenters. The van der Waals surface area contributed by atoms with Crippen molar-refractivity contribution in [3.8, 4) is 0 Å². The van der Waals surface area contributed by atoms with E-state index in [1.54, 1.807) is 11.8 Å². The quantitative estimate of drug-likeness (QED) is 0.197. The van der Waals surface area contributed by atoms with E-state index < -0.39 is 0 Å². The monoisotopic (exact) mass is 564 g/mol. The summed E-state index contributed by atoms with van der Waals surface area (Å²) in [6.45, 7) is 8.66. The summed E-state index contributed by atoms with van der Waals surface area (Å²) in [6.07, 6.45) is 1.82. The van der Waals surface area contributed by atoms with Crippen molar-refractivity contribution in [1.29, 1.82) is 0 Å². The third-order valence-corrected chi connectivity index (χ3v) is 7.47. The standard InChI is InChI=1S/C24H26BrClN4OS2/c1-4-11-30-22(14-32-13-17-5-8-19(26)9-6-17)28-29-24(30)33-15-23(31)27-21-10-7-18(25)12-20(21)16(2)3/h4-10,12,16H,1,11,13-15H2,2-3H3,(H,27,31). The first-order chi connectivity index (χ1) is 15.9. The fraction of sp³-hybridized carbons (Fsp3) is 0.292. The molecule has 0 aliphatic carbocycles. The molecule has 0 spiro atoms. The van der Waals surface area contributed by atoms with Crippen LogP contribution in [0.25, 0.3) is 0 Å². The summed E-state index contributed by atoms with van der Waals surface area (Å²) in [4.78, 5) is 12.6. The summed E-state index contributed by atoms with van der Waals surface area (Å²) in [5.74, 6) is 2.92. The molecule has 3 rings (SSSR count). The van der Waals surface area contributed by atoms with Gasteiger partial charge in [-0.25, -0.2) is 0 Å². The van der Waals surface area contributed by atoms with Gasteiger partial charge in [-0.3, -0.25) is 4.79 Å². The van der Waals surface area contributed by atoms with Crippen LogP contribution in [0.15, 0.2) is 64.7 Å². The number of hydrogen-bond acceptors (Lipinski definition) is 5. The maximum Gasteiger partial charge on any atom is 0.234 e. The first-order valence-corrected chi connectivity index (χ1v) is 13.8. The Morgan fingerprint density at radius 1 is 1.21 bits per heavy atom. The summed E-state index contributed by atoms with van der Waals surface area (Å²) in [7, 11) is 0. The summed E-state index contributed by atoms with van der Waals surface area (Å²) < 4.78 is 3.01. The van der Waals surface area contributed by atoms with E-state index in [0.29, 0.717) is 23.4 Å². The molecule has 33 heavy (non-hydrogen) atoms. The molecule has 1 heterocycles. The van der Waals surface area contributed by atoms with E-state index in [-0.39, 0.29) is 11.7 Å². The number of allylic oxidation sites excluding steroid dienone is 1. The van der Waals surface area contributed by atoms with E-state index in [9.17, 15) is 4.79 Å². The summed E-state index contributed by atoms with van der Waals surface area (Å²) in [5, 5.41) is 13.2. The number of rotatable bonds is 11. The maximum atomic E-state index is 12.6. The van der Waals surface area contributed by atoms with E-state index in [4.69, 9.17) is 11.6 Å². The van der Waals surface area contributed by atoms with Crippen LogP contribution in [0.4, 0.5) is 5.69 Å². The molecule has 0 aliphatic rings. The molecule has 0 saturated heterocycles. The molecule has 3 aromatic rings. The minimum Gasteiger partial charge on any atom is -0.325 e. The van der Waals surface area contributed by atoms with Crippen LogP contribution in [0.5, 0.6) is 0 Å². The van der Waals surface area contributed by atoms with E-state index in [1.165, 1.54) is 17.3 Å². The third kappa shape index (κ3) is 7.64. The van der Waals surface area contributed by atoms with Crippen LogP contribution < -0.4 is 5.32 Å². The number of anilines is 1. The molecule has 0 radical (unpaired) electrons. The SMILES string of the molecule is C=CCn1c(CSCc2ccc(Cl)cc2)nnc1SCC(=O)Nc1ccc(Br)cc1C(C)C. The van der Waals surface area contributed by atoms with Crippen LogP contribution in [0, 0.1) is 0 Å². The lowest BCUT2D eigenvalue weighted by Crippen LogP contribution is -2.16. The maximum absolute atomic E-state index is 12.6. The lowest BCUT2D eigenvalue weighted by Gasteiger charge is -2.14. The van der Waals surface area contributed by atoms with Gasteiger partial charge in [-0.15, -0.1) is 28.5 Å². The van der Waals surface area contributed by atoms with E-state index >= 15 is 0 Å². The molecular formula is C24H26BrClN4OS2. The number of carbonyl (C=O) groups excluding carboxylic acids is 1. The molecule has 174 valence electrons. The number of thioether (sulfide) groups is 2. The molecule has 0 aliphatic heterocycles. The Bertz CT molecular complexity index is 1100. The van der Waals surface area contributed by atoms with E-state index in [0.717, 1.165) is 32.3 Å². The first kappa shape index (κ1) is 25.9. The van der Waals surface area contributed by atoms with Crippen molar-refractivity contribution in [1.82, 2.24) is 14.8 Å². The molecule has 9 heteroatoms. The number of aromatic nitrogens is 3. The van der Waals surface area contributed by atoms with Gasteiger partial charge < -0.3 is 9.88 Å². The molecule has 1 aromatic heterocycles.